The van der Waals surface area contributed by atoms with Gasteiger partial charge in [0.25, 0.3) is 0 Å². The van der Waals surface area contributed by atoms with Crippen LogP contribution in [0.4, 0.5) is 4.39 Å². The first-order valence-electron chi connectivity index (χ1n) is 6.43. The van der Waals surface area contributed by atoms with Crippen molar-refractivity contribution in [3.05, 3.63) is 28.0 Å². The lowest BCUT2D eigenvalue weighted by Gasteiger charge is -2.18. The van der Waals surface area contributed by atoms with Gasteiger partial charge in [-0.1, -0.05) is 27.7 Å². The summed E-state index contributed by atoms with van der Waals surface area (Å²) in [5.74, 6) is 0.542. The van der Waals surface area contributed by atoms with Crippen molar-refractivity contribution in [2.75, 3.05) is 7.11 Å². The lowest BCUT2D eigenvalue weighted by molar-refractivity contribution is 0.392. The lowest BCUT2D eigenvalue weighted by atomic mass is 9.96. The Morgan fingerprint density at radius 3 is 2.21 bits per heavy atom. The van der Waals surface area contributed by atoms with Crippen LogP contribution in [-0.2, 0) is 0 Å². The predicted molar refractivity (Wildman–Crippen MR) is 78.6 cm³/mol. The van der Waals surface area contributed by atoms with Crippen molar-refractivity contribution in [2.45, 2.75) is 33.7 Å². The van der Waals surface area contributed by atoms with Gasteiger partial charge in [-0.3, -0.25) is 0 Å². The molecule has 0 aliphatic heterocycles. The van der Waals surface area contributed by atoms with Crippen LogP contribution in [0.1, 0.15) is 39.3 Å². The molecule has 1 aromatic carbocycles. The summed E-state index contributed by atoms with van der Waals surface area (Å²) in [6, 6.07) is 2.97. The number of rotatable bonds is 3. The highest BCUT2D eigenvalue weighted by molar-refractivity contribution is 9.10. The van der Waals surface area contributed by atoms with Gasteiger partial charge in [-0.15, -0.1) is 0 Å². The molecule has 1 fully saturated rings. The van der Waals surface area contributed by atoms with Gasteiger partial charge in [0.1, 0.15) is 11.6 Å². The Labute approximate surface area is 122 Å². The minimum atomic E-state index is -0.331. The third kappa shape index (κ3) is 2.09. The molecule has 0 spiro atoms. The zero-order chi connectivity index (χ0) is 14.6. The molecule has 1 aliphatic carbocycles. The SMILES string of the molecule is COc1cc(F)c(Br)cc1C(N)C1C(C)(C)C1(C)C. The second-order valence-electron chi connectivity index (χ2n) is 6.46. The molecule has 19 heavy (non-hydrogen) atoms. The monoisotopic (exact) mass is 329 g/mol. The van der Waals surface area contributed by atoms with Crippen molar-refractivity contribution in [1.29, 1.82) is 0 Å². The summed E-state index contributed by atoms with van der Waals surface area (Å²) in [5.41, 5.74) is 7.64. The molecular formula is C15H21BrFNO. The summed E-state index contributed by atoms with van der Waals surface area (Å²) in [4.78, 5) is 0. The van der Waals surface area contributed by atoms with Gasteiger partial charge in [0, 0.05) is 17.7 Å². The van der Waals surface area contributed by atoms with E-state index in [0.29, 0.717) is 16.1 Å². The Morgan fingerprint density at radius 2 is 1.79 bits per heavy atom. The Morgan fingerprint density at radius 1 is 1.26 bits per heavy atom. The second-order valence-corrected chi connectivity index (χ2v) is 7.31. The molecule has 1 unspecified atom stereocenters. The molecule has 1 aromatic rings. The largest absolute Gasteiger partial charge is 0.496 e. The summed E-state index contributed by atoms with van der Waals surface area (Å²) >= 11 is 3.22. The van der Waals surface area contributed by atoms with E-state index in [1.165, 1.54) is 6.07 Å². The fraction of sp³-hybridized carbons (Fsp3) is 0.600. The topological polar surface area (TPSA) is 35.2 Å². The lowest BCUT2D eigenvalue weighted by Crippen LogP contribution is -2.17. The van der Waals surface area contributed by atoms with Crippen molar-refractivity contribution < 1.29 is 9.13 Å². The minimum absolute atomic E-state index is 0.156. The van der Waals surface area contributed by atoms with Crippen LogP contribution in [0.2, 0.25) is 0 Å². The molecule has 0 radical (unpaired) electrons. The van der Waals surface area contributed by atoms with E-state index in [0.717, 1.165) is 5.56 Å². The van der Waals surface area contributed by atoms with Crippen LogP contribution >= 0.6 is 15.9 Å². The zero-order valence-corrected chi connectivity index (χ0v) is 13.6. The summed E-state index contributed by atoms with van der Waals surface area (Å²) in [6.07, 6.45) is 0. The van der Waals surface area contributed by atoms with E-state index in [1.54, 1.807) is 13.2 Å². The average molecular weight is 330 g/mol. The standard InChI is InChI=1S/C15H21BrFNO/c1-14(2)13(15(14,3)4)12(18)8-6-9(16)10(17)7-11(8)19-5/h6-7,12-13H,18H2,1-5H3. The number of methoxy groups -OCH3 is 1. The van der Waals surface area contributed by atoms with Crippen LogP contribution in [-0.4, -0.2) is 7.11 Å². The molecule has 4 heteroatoms. The molecule has 0 amide bonds. The fourth-order valence-electron chi connectivity index (χ4n) is 3.31. The molecule has 2 nitrogen and oxygen atoms in total. The molecule has 0 heterocycles. The minimum Gasteiger partial charge on any atom is -0.496 e. The molecule has 0 saturated heterocycles. The number of benzene rings is 1. The Kier molecular flexibility index (Phi) is 3.47. The fourth-order valence-corrected chi connectivity index (χ4v) is 3.67. The van der Waals surface area contributed by atoms with Crippen LogP contribution in [0, 0.1) is 22.6 Å². The number of hydrogen-bond acceptors (Lipinski definition) is 2. The van der Waals surface area contributed by atoms with Gasteiger partial charge in [0.15, 0.2) is 0 Å². The molecule has 2 rings (SSSR count). The maximum Gasteiger partial charge on any atom is 0.141 e. The maximum atomic E-state index is 13.6. The van der Waals surface area contributed by atoms with Gasteiger partial charge < -0.3 is 10.5 Å². The van der Waals surface area contributed by atoms with E-state index in [4.69, 9.17) is 10.5 Å². The molecular weight excluding hydrogens is 309 g/mol. The molecule has 1 atom stereocenters. The van der Waals surface area contributed by atoms with Crippen LogP contribution in [0.15, 0.2) is 16.6 Å². The molecule has 2 N–H and O–H groups in total. The van der Waals surface area contributed by atoms with Crippen LogP contribution in [0.25, 0.3) is 0 Å². The van der Waals surface area contributed by atoms with Crippen molar-refractivity contribution in [3.63, 3.8) is 0 Å². The van der Waals surface area contributed by atoms with Gasteiger partial charge in [-0.2, -0.15) is 0 Å². The summed E-state index contributed by atoms with van der Waals surface area (Å²) in [6.45, 7) is 8.90. The number of ether oxygens (including phenoxy) is 1. The van der Waals surface area contributed by atoms with Gasteiger partial charge in [-0.25, -0.2) is 4.39 Å². The number of nitrogens with two attached hydrogens (primary N) is 1. The van der Waals surface area contributed by atoms with Gasteiger partial charge in [0.05, 0.1) is 11.6 Å². The predicted octanol–water partition coefficient (Wildman–Crippen LogP) is 4.28. The van der Waals surface area contributed by atoms with Gasteiger partial charge >= 0.3 is 0 Å². The van der Waals surface area contributed by atoms with Crippen molar-refractivity contribution in [3.8, 4) is 5.75 Å². The van der Waals surface area contributed by atoms with Crippen LogP contribution in [0.3, 0.4) is 0 Å². The normalized spacial score (nSPS) is 22.1. The molecule has 0 bridgehead atoms. The van der Waals surface area contributed by atoms with E-state index in [9.17, 15) is 4.39 Å². The summed E-state index contributed by atoms with van der Waals surface area (Å²) in [5, 5.41) is 0. The number of hydrogen-bond donors (Lipinski definition) is 1. The maximum absolute atomic E-state index is 13.6. The second kappa shape index (κ2) is 4.45. The summed E-state index contributed by atoms with van der Waals surface area (Å²) in [7, 11) is 1.54. The van der Waals surface area contributed by atoms with E-state index >= 15 is 0 Å². The van der Waals surface area contributed by atoms with Crippen molar-refractivity contribution in [2.24, 2.45) is 22.5 Å². The summed E-state index contributed by atoms with van der Waals surface area (Å²) < 4.78 is 19.3. The van der Waals surface area contributed by atoms with Crippen molar-refractivity contribution >= 4 is 15.9 Å². The highest BCUT2D eigenvalue weighted by Crippen LogP contribution is 2.72. The Hall–Kier alpha value is -0.610. The first-order valence-corrected chi connectivity index (χ1v) is 7.22. The molecule has 0 aromatic heterocycles. The third-order valence-electron chi connectivity index (χ3n) is 5.12. The smallest absolute Gasteiger partial charge is 0.141 e. The van der Waals surface area contributed by atoms with Crippen LogP contribution in [0.5, 0.6) is 5.75 Å². The zero-order valence-electron chi connectivity index (χ0n) is 12.1. The van der Waals surface area contributed by atoms with Gasteiger partial charge in [-0.05, 0) is 38.7 Å². The highest BCUT2D eigenvalue weighted by Gasteiger charge is 2.66. The Bertz CT molecular complexity index is 499. The molecule has 1 saturated carbocycles. The first kappa shape index (κ1) is 14.8. The van der Waals surface area contributed by atoms with Gasteiger partial charge in [0.2, 0.25) is 0 Å². The Balaban J connectivity index is 2.41. The number of halogens is 2. The third-order valence-corrected chi connectivity index (χ3v) is 5.73. The van der Waals surface area contributed by atoms with E-state index in [-0.39, 0.29) is 22.7 Å². The first-order chi connectivity index (χ1) is 8.64. The average Bonchev–Trinajstić information content (AvgIpc) is 2.72. The van der Waals surface area contributed by atoms with E-state index in [2.05, 4.69) is 43.6 Å². The molecule has 106 valence electrons. The quantitative estimate of drug-likeness (QED) is 0.898. The van der Waals surface area contributed by atoms with E-state index in [1.807, 2.05) is 0 Å². The van der Waals surface area contributed by atoms with Crippen LogP contribution < -0.4 is 10.5 Å². The van der Waals surface area contributed by atoms with E-state index < -0.39 is 0 Å². The molecule has 1 aliphatic rings. The van der Waals surface area contributed by atoms with Crippen molar-refractivity contribution in [1.82, 2.24) is 0 Å². The highest BCUT2D eigenvalue weighted by atomic mass is 79.9.